The maximum atomic E-state index is 12.9. The van der Waals surface area contributed by atoms with Gasteiger partial charge in [0.2, 0.25) is 0 Å². The van der Waals surface area contributed by atoms with Gasteiger partial charge in [0.05, 0.1) is 25.8 Å². The summed E-state index contributed by atoms with van der Waals surface area (Å²) in [5.41, 5.74) is 1.14. The lowest BCUT2D eigenvalue weighted by Gasteiger charge is -2.28. The van der Waals surface area contributed by atoms with Gasteiger partial charge in [-0.1, -0.05) is 30.3 Å². The summed E-state index contributed by atoms with van der Waals surface area (Å²) >= 11 is 0. The van der Waals surface area contributed by atoms with Gasteiger partial charge in [-0.15, -0.1) is 0 Å². The molecule has 2 amide bonds. The molecule has 2 aliphatic heterocycles. The number of hydrogen-bond donors (Lipinski definition) is 1. The molecular weight excluding hydrogens is 332 g/mol. The van der Waals surface area contributed by atoms with Crippen LogP contribution in [0.4, 0.5) is 0 Å². The second-order valence-corrected chi connectivity index (χ2v) is 6.57. The average Bonchev–Trinajstić information content (AvgIpc) is 3.03. The molecule has 134 valence electrons. The molecule has 1 saturated heterocycles. The van der Waals surface area contributed by atoms with Crippen LogP contribution >= 0.6 is 0 Å². The van der Waals surface area contributed by atoms with Crippen molar-refractivity contribution in [3.63, 3.8) is 0 Å². The molecule has 1 fully saturated rings. The van der Waals surface area contributed by atoms with E-state index < -0.39 is 5.72 Å². The second-order valence-electron chi connectivity index (χ2n) is 6.57. The minimum Gasteiger partial charge on any atom is -0.496 e. The molecule has 6 nitrogen and oxygen atoms in total. The van der Waals surface area contributed by atoms with Crippen molar-refractivity contribution < 1.29 is 19.1 Å². The predicted octanol–water partition coefficient (Wildman–Crippen LogP) is 2.20. The first kappa shape index (κ1) is 16.6. The first-order chi connectivity index (χ1) is 12.6. The third-order valence-corrected chi connectivity index (χ3v) is 4.96. The van der Waals surface area contributed by atoms with Gasteiger partial charge in [0.25, 0.3) is 11.8 Å². The van der Waals surface area contributed by atoms with E-state index in [0.717, 1.165) is 5.56 Å². The molecule has 1 atom stereocenters. The number of nitrogens with zero attached hydrogens (tertiary/aromatic N) is 1. The number of likely N-dealkylation sites (tertiary alicyclic amines) is 1. The molecule has 2 aromatic rings. The summed E-state index contributed by atoms with van der Waals surface area (Å²) in [5, 5.41) is 2.99. The van der Waals surface area contributed by atoms with E-state index in [9.17, 15) is 9.59 Å². The molecule has 6 heteroatoms. The molecule has 1 N–H and O–H groups in total. The van der Waals surface area contributed by atoms with Gasteiger partial charge in [0.1, 0.15) is 5.75 Å². The van der Waals surface area contributed by atoms with Crippen molar-refractivity contribution in [1.29, 1.82) is 0 Å². The van der Waals surface area contributed by atoms with Crippen LogP contribution in [-0.4, -0.2) is 42.6 Å². The van der Waals surface area contributed by atoms with Crippen LogP contribution in [0.15, 0.2) is 48.5 Å². The first-order valence-electron chi connectivity index (χ1n) is 8.58. The highest BCUT2D eigenvalue weighted by Gasteiger charge is 2.44. The maximum absolute atomic E-state index is 12.9. The molecule has 26 heavy (non-hydrogen) atoms. The Bertz CT molecular complexity index is 866. The van der Waals surface area contributed by atoms with Crippen LogP contribution in [0.5, 0.6) is 5.75 Å². The predicted molar refractivity (Wildman–Crippen MR) is 94.9 cm³/mol. The monoisotopic (exact) mass is 352 g/mol. The number of ether oxygens (including phenoxy) is 2. The van der Waals surface area contributed by atoms with Crippen LogP contribution in [0.3, 0.4) is 0 Å². The van der Waals surface area contributed by atoms with Gasteiger partial charge in [0, 0.05) is 18.5 Å². The van der Waals surface area contributed by atoms with Gasteiger partial charge in [-0.05, 0) is 23.8 Å². The molecule has 2 aromatic carbocycles. The number of carbonyl (C=O) groups is 2. The molecule has 2 aliphatic rings. The van der Waals surface area contributed by atoms with Crippen molar-refractivity contribution in [3.8, 4) is 5.75 Å². The van der Waals surface area contributed by atoms with Crippen molar-refractivity contribution in [1.82, 2.24) is 10.2 Å². The third kappa shape index (κ3) is 2.82. The van der Waals surface area contributed by atoms with Gasteiger partial charge >= 0.3 is 0 Å². The number of amides is 2. The number of carbonyl (C=O) groups excluding carboxylic acids is 2. The van der Waals surface area contributed by atoms with E-state index >= 15 is 0 Å². The summed E-state index contributed by atoms with van der Waals surface area (Å²) in [7, 11) is 1.55. The minimum absolute atomic E-state index is 0.126. The summed E-state index contributed by atoms with van der Waals surface area (Å²) in [6, 6.07) is 14.5. The van der Waals surface area contributed by atoms with Crippen LogP contribution in [0.25, 0.3) is 0 Å². The summed E-state index contributed by atoms with van der Waals surface area (Å²) < 4.78 is 11.4. The normalized spacial score (nSPS) is 21.9. The molecule has 0 aromatic heterocycles. The lowest BCUT2D eigenvalue weighted by atomic mass is 10.1. The Kier molecular flexibility index (Phi) is 4.12. The fraction of sp³-hybridized carbons (Fsp3) is 0.300. The van der Waals surface area contributed by atoms with E-state index in [1.54, 1.807) is 30.2 Å². The molecular formula is C20H20N2O4. The molecule has 1 unspecified atom stereocenters. The fourth-order valence-corrected chi connectivity index (χ4v) is 3.56. The largest absolute Gasteiger partial charge is 0.496 e. The lowest BCUT2D eigenvalue weighted by Crippen LogP contribution is -2.51. The van der Waals surface area contributed by atoms with E-state index in [1.165, 1.54) is 0 Å². The highest BCUT2D eigenvalue weighted by Crippen LogP contribution is 2.30. The zero-order valence-electron chi connectivity index (χ0n) is 14.5. The van der Waals surface area contributed by atoms with Crippen LogP contribution < -0.4 is 10.1 Å². The fourth-order valence-electron chi connectivity index (χ4n) is 3.56. The first-order valence-corrected chi connectivity index (χ1v) is 8.58. The van der Waals surface area contributed by atoms with Crippen molar-refractivity contribution >= 4 is 11.8 Å². The van der Waals surface area contributed by atoms with E-state index in [0.29, 0.717) is 43.0 Å². The summed E-state index contributed by atoms with van der Waals surface area (Å²) in [5.74, 6) is 0.250. The second kappa shape index (κ2) is 6.46. The Balaban J connectivity index is 1.55. The zero-order valence-corrected chi connectivity index (χ0v) is 14.5. The molecule has 0 saturated carbocycles. The van der Waals surface area contributed by atoms with Gasteiger partial charge in [-0.2, -0.15) is 0 Å². The van der Waals surface area contributed by atoms with Gasteiger partial charge in [-0.3, -0.25) is 9.59 Å². The van der Waals surface area contributed by atoms with Gasteiger partial charge in [0.15, 0.2) is 5.72 Å². The van der Waals surface area contributed by atoms with Gasteiger partial charge < -0.3 is 19.7 Å². The Hall–Kier alpha value is -2.86. The molecule has 0 aliphatic carbocycles. The van der Waals surface area contributed by atoms with Crippen LogP contribution in [0, 0.1) is 0 Å². The number of nitrogens with one attached hydrogen (secondary N) is 1. The van der Waals surface area contributed by atoms with E-state index in [-0.39, 0.29) is 11.8 Å². The standard InChI is InChI=1S/C20H20N2O4/c1-25-17-9-5-4-8-16(17)19(24)22-11-10-20(13-22)21-18(23)15-7-3-2-6-14(15)12-26-20/h2-9H,10-13H2,1H3,(H,21,23). The van der Waals surface area contributed by atoms with Crippen molar-refractivity contribution in [2.45, 2.75) is 18.8 Å². The van der Waals surface area contributed by atoms with Crippen LogP contribution in [0.1, 0.15) is 32.7 Å². The Morgan fingerprint density at radius 3 is 2.81 bits per heavy atom. The topological polar surface area (TPSA) is 67.9 Å². The van der Waals surface area contributed by atoms with Crippen molar-refractivity contribution in [2.75, 3.05) is 20.2 Å². The highest BCUT2D eigenvalue weighted by molar-refractivity contribution is 5.98. The Morgan fingerprint density at radius 1 is 1.19 bits per heavy atom. The zero-order chi connectivity index (χ0) is 18.1. The SMILES string of the molecule is COc1ccccc1C(=O)N1CCC2(C1)NC(=O)c1ccccc1CO2. The molecule has 1 spiro atoms. The minimum atomic E-state index is -0.853. The summed E-state index contributed by atoms with van der Waals surface area (Å²) in [6.45, 7) is 1.16. The number of para-hydroxylation sites is 1. The summed E-state index contributed by atoms with van der Waals surface area (Å²) in [6.07, 6.45) is 0.549. The number of benzene rings is 2. The highest BCUT2D eigenvalue weighted by atomic mass is 16.5. The number of hydrogen-bond acceptors (Lipinski definition) is 4. The Morgan fingerprint density at radius 2 is 1.96 bits per heavy atom. The quantitative estimate of drug-likeness (QED) is 0.900. The number of methoxy groups -OCH3 is 1. The molecule has 4 rings (SSSR count). The molecule has 0 bridgehead atoms. The number of fused-ring (bicyclic) bond motifs is 1. The Labute approximate surface area is 151 Å². The van der Waals surface area contributed by atoms with Crippen LogP contribution in [0.2, 0.25) is 0 Å². The average molecular weight is 352 g/mol. The lowest BCUT2D eigenvalue weighted by molar-refractivity contribution is -0.0613. The van der Waals surface area contributed by atoms with Crippen molar-refractivity contribution in [2.24, 2.45) is 0 Å². The molecule has 2 heterocycles. The van der Waals surface area contributed by atoms with Crippen molar-refractivity contribution in [3.05, 3.63) is 65.2 Å². The maximum Gasteiger partial charge on any atom is 0.257 e. The van der Waals surface area contributed by atoms with E-state index in [4.69, 9.17) is 9.47 Å². The van der Waals surface area contributed by atoms with E-state index in [1.807, 2.05) is 30.3 Å². The smallest absolute Gasteiger partial charge is 0.257 e. The molecule has 0 radical (unpaired) electrons. The van der Waals surface area contributed by atoms with Crippen LogP contribution in [-0.2, 0) is 11.3 Å². The summed E-state index contributed by atoms with van der Waals surface area (Å²) in [4.78, 5) is 27.2. The van der Waals surface area contributed by atoms with E-state index in [2.05, 4.69) is 5.32 Å². The third-order valence-electron chi connectivity index (χ3n) is 4.96. The number of rotatable bonds is 2. The van der Waals surface area contributed by atoms with Gasteiger partial charge in [-0.25, -0.2) is 0 Å².